The van der Waals surface area contributed by atoms with Gasteiger partial charge in [-0.2, -0.15) is 0 Å². The number of rotatable bonds is 3. The summed E-state index contributed by atoms with van der Waals surface area (Å²) in [6.45, 7) is 0.752. The first-order valence-corrected chi connectivity index (χ1v) is 9.34. The van der Waals surface area contributed by atoms with Crippen molar-refractivity contribution in [3.8, 4) is 5.75 Å². The molecular weight excluding hydrogens is 348 g/mol. The van der Waals surface area contributed by atoms with Crippen LogP contribution in [0.15, 0.2) is 22.1 Å². The number of halogens is 1. The number of fused-ring (bicyclic) bond motifs is 2. The molecule has 2 aromatic rings. The molecule has 1 N–H and O–H groups in total. The summed E-state index contributed by atoms with van der Waals surface area (Å²) in [5.41, 5.74) is 3.75. The van der Waals surface area contributed by atoms with E-state index in [1.54, 1.807) is 0 Å². The average Bonchev–Trinajstić information content (AvgIpc) is 2.59. The molecule has 0 fully saturated rings. The van der Waals surface area contributed by atoms with Gasteiger partial charge in [0.15, 0.2) is 11.9 Å². The van der Waals surface area contributed by atoms with E-state index in [9.17, 15) is 4.79 Å². The third-order valence-corrected chi connectivity index (χ3v) is 5.43. The van der Waals surface area contributed by atoms with Crippen LogP contribution < -0.4 is 10.3 Å². The van der Waals surface area contributed by atoms with Crippen molar-refractivity contribution in [1.82, 2.24) is 9.97 Å². The minimum absolute atomic E-state index is 0.0000250. The number of thioether (sulfide) groups is 1. The number of H-pyrrole nitrogens is 1. The van der Waals surface area contributed by atoms with Gasteiger partial charge in [0, 0.05) is 27.5 Å². The van der Waals surface area contributed by atoms with Crippen molar-refractivity contribution in [1.29, 1.82) is 0 Å². The molecule has 5 nitrogen and oxygen atoms in total. The SMILES string of the molecule is O=c1[nH]c(SCc2cc(Cl)cc3c2OCOC3)nc2c1CCCC2. The van der Waals surface area contributed by atoms with Crippen LogP contribution in [-0.2, 0) is 29.9 Å². The van der Waals surface area contributed by atoms with Crippen LogP contribution in [0.25, 0.3) is 0 Å². The lowest BCUT2D eigenvalue weighted by molar-refractivity contribution is -0.0168. The van der Waals surface area contributed by atoms with Crippen LogP contribution in [0.2, 0.25) is 5.02 Å². The Labute approximate surface area is 148 Å². The molecule has 2 aliphatic rings. The third-order valence-electron chi connectivity index (χ3n) is 4.29. The number of aromatic amines is 1. The second-order valence-corrected chi connectivity index (χ2v) is 7.36. The zero-order valence-corrected chi connectivity index (χ0v) is 14.6. The van der Waals surface area contributed by atoms with Gasteiger partial charge >= 0.3 is 0 Å². The average molecular weight is 365 g/mol. The molecule has 1 aliphatic carbocycles. The summed E-state index contributed by atoms with van der Waals surface area (Å²) in [6, 6.07) is 3.76. The number of nitrogens with one attached hydrogen (secondary N) is 1. The molecule has 126 valence electrons. The summed E-state index contributed by atoms with van der Waals surface area (Å²) in [5, 5.41) is 1.31. The van der Waals surface area contributed by atoms with E-state index in [1.165, 1.54) is 11.8 Å². The van der Waals surface area contributed by atoms with Crippen LogP contribution >= 0.6 is 23.4 Å². The van der Waals surface area contributed by atoms with Crippen molar-refractivity contribution in [3.63, 3.8) is 0 Å². The lowest BCUT2D eigenvalue weighted by atomic mass is 9.97. The largest absolute Gasteiger partial charge is 0.467 e. The van der Waals surface area contributed by atoms with Crippen molar-refractivity contribution >= 4 is 23.4 Å². The third kappa shape index (κ3) is 3.18. The van der Waals surface area contributed by atoms with Crippen LogP contribution in [0, 0.1) is 0 Å². The molecule has 0 unspecified atom stereocenters. The standard InChI is InChI=1S/C17H17ClN2O3S/c18-12-5-10-7-22-9-23-15(10)11(6-12)8-24-17-19-14-4-2-1-3-13(14)16(21)20-17/h5-6H,1-4,7-9H2,(H,19,20,21). The number of aryl methyl sites for hydroxylation is 1. The number of hydrogen-bond donors (Lipinski definition) is 1. The van der Waals surface area contributed by atoms with Gasteiger partial charge in [-0.15, -0.1) is 0 Å². The summed E-state index contributed by atoms with van der Waals surface area (Å²) < 4.78 is 10.9. The predicted molar refractivity (Wildman–Crippen MR) is 92.8 cm³/mol. The first-order valence-electron chi connectivity index (χ1n) is 7.97. The monoisotopic (exact) mass is 364 g/mol. The highest BCUT2D eigenvalue weighted by molar-refractivity contribution is 7.98. The Morgan fingerprint density at radius 3 is 3.08 bits per heavy atom. The van der Waals surface area contributed by atoms with Crippen LogP contribution in [-0.4, -0.2) is 16.8 Å². The Hall–Kier alpha value is -1.50. The zero-order valence-electron chi connectivity index (χ0n) is 13.1. The van der Waals surface area contributed by atoms with Crippen LogP contribution in [0.5, 0.6) is 5.75 Å². The lowest BCUT2D eigenvalue weighted by Gasteiger charge is -2.21. The van der Waals surface area contributed by atoms with Crippen LogP contribution in [0.1, 0.15) is 35.2 Å². The lowest BCUT2D eigenvalue weighted by Crippen LogP contribution is -2.21. The van der Waals surface area contributed by atoms with Crippen molar-refractivity contribution in [2.45, 2.75) is 43.2 Å². The molecule has 4 rings (SSSR count). The number of nitrogens with zero attached hydrogens (tertiary/aromatic N) is 1. The molecule has 0 saturated carbocycles. The Bertz CT molecular complexity index is 837. The van der Waals surface area contributed by atoms with Gasteiger partial charge < -0.3 is 14.5 Å². The molecule has 1 aromatic heterocycles. The molecule has 0 amide bonds. The number of aromatic nitrogens is 2. The second-order valence-electron chi connectivity index (χ2n) is 5.96. The summed E-state index contributed by atoms with van der Waals surface area (Å²) in [7, 11) is 0. The van der Waals surface area contributed by atoms with E-state index in [0.717, 1.165) is 53.8 Å². The van der Waals surface area contributed by atoms with Crippen molar-refractivity contribution in [2.75, 3.05) is 6.79 Å². The Balaban J connectivity index is 1.58. The Kier molecular flexibility index (Phi) is 4.52. The molecule has 0 atom stereocenters. The maximum atomic E-state index is 12.2. The van der Waals surface area contributed by atoms with Crippen molar-refractivity contribution in [3.05, 3.63) is 49.9 Å². The van der Waals surface area contributed by atoms with Gasteiger partial charge in [0.2, 0.25) is 0 Å². The Morgan fingerprint density at radius 2 is 2.17 bits per heavy atom. The highest BCUT2D eigenvalue weighted by atomic mass is 35.5. The molecular formula is C17H17ClN2O3S. The smallest absolute Gasteiger partial charge is 0.254 e. The van der Waals surface area contributed by atoms with Crippen molar-refractivity contribution in [2.24, 2.45) is 0 Å². The molecule has 0 radical (unpaired) electrons. The van der Waals surface area contributed by atoms with Gasteiger partial charge in [0.05, 0.1) is 12.3 Å². The minimum Gasteiger partial charge on any atom is -0.467 e. The Morgan fingerprint density at radius 1 is 1.29 bits per heavy atom. The highest BCUT2D eigenvalue weighted by Crippen LogP contribution is 2.35. The first-order chi connectivity index (χ1) is 11.7. The molecule has 7 heteroatoms. The fraction of sp³-hybridized carbons (Fsp3) is 0.412. The van der Waals surface area contributed by atoms with Gasteiger partial charge in [-0.1, -0.05) is 23.4 Å². The fourth-order valence-electron chi connectivity index (χ4n) is 3.16. The van der Waals surface area contributed by atoms with Crippen LogP contribution in [0.3, 0.4) is 0 Å². The molecule has 0 bridgehead atoms. The van der Waals surface area contributed by atoms with E-state index >= 15 is 0 Å². The normalized spacial score (nSPS) is 16.2. The van der Waals surface area contributed by atoms with Gasteiger partial charge in [-0.3, -0.25) is 4.79 Å². The van der Waals surface area contributed by atoms with E-state index in [2.05, 4.69) is 9.97 Å². The summed E-state index contributed by atoms with van der Waals surface area (Å²) >= 11 is 7.69. The molecule has 1 aromatic carbocycles. The molecule has 1 aliphatic heterocycles. The molecule has 2 heterocycles. The summed E-state index contributed by atoms with van der Waals surface area (Å²) in [5.74, 6) is 1.46. The number of ether oxygens (including phenoxy) is 2. The van der Waals surface area contributed by atoms with Gasteiger partial charge in [0.25, 0.3) is 5.56 Å². The quantitative estimate of drug-likeness (QED) is 0.667. The summed E-state index contributed by atoms with van der Waals surface area (Å²) in [4.78, 5) is 19.7. The highest BCUT2D eigenvalue weighted by Gasteiger charge is 2.18. The van der Waals surface area contributed by atoms with Crippen LogP contribution in [0.4, 0.5) is 0 Å². The number of benzene rings is 1. The van der Waals surface area contributed by atoms with E-state index in [-0.39, 0.29) is 12.4 Å². The predicted octanol–water partition coefficient (Wildman–Crippen LogP) is 3.46. The molecule has 0 saturated heterocycles. The van der Waals surface area contributed by atoms with E-state index in [0.29, 0.717) is 22.5 Å². The summed E-state index contributed by atoms with van der Waals surface area (Å²) in [6.07, 6.45) is 3.89. The number of hydrogen-bond acceptors (Lipinski definition) is 5. The first kappa shape index (κ1) is 16.0. The van der Waals surface area contributed by atoms with Crippen molar-refractivity contribution < 1.29 is 9.47 Å². The maximum Gasteiger partial charge on any atom is 0.254 e. The maximum absolute atomic E-state index is 12.2. The van der Waals surface area contributed by atoms with Gasteiger partial charge in [0.1, 0.15) is 5.75 Å². The second kappa shape index (κ2) is 6.78. The molecule has 0 spiro atoms. The fourth-order valence-corrected chi connectivity index (χ4v) is 4.27. The zero-order chi connectivity index (χ0) is 16.5. The van der Waals surface area contributed by atoms with E-state index in [4.69, 9.17) is 21.1 Å². The topological polar surface area (TPSA) is 64.2 Å². The van der Waals surface area contributed by atoms with E-state index < -0.39 is 0 Å². The van der Waals surface area contributed by atoms with Gasteiger partial charge in [-0.05, 0) is 37.8 Å². The molecule has 24 heavy (non-hydrogen) atoms. The van der Waals surface area contributed by atoms with E-state index in [1.807, 2.05) is 12.1 Å². The minimum atomic E-state index is -0.0000250. The van der Waals surface area contributed by atoms with Gasteiger partial charge in [-0.25, -0.2) is 4.98 Å².